The zero-order valence-corrected chi connectivity index (χ0v) is 11.3. The van der Waals surface area contributed by atoms with Gasteiger partial charge in [0.25, 0.3) is 0 Å². The molecule has 0 rings (SSSR count). The van der Waals surface area contributed by atoms with Crippen molar-refractivity contribution < 1.29 is 0 Å². The van der Waals surface area contributed by atoms with Crippen molar-refractivity contribution in [2.24, 2.45) is 11.8 Å². The van der Waals surface area contributed by atoms with Gasteiger partial charge in [0, 0.05) is 19.1 Å². The third kappa shape index (κ3) is 6.72. The molecule has 0 aliphatic rings. The van der Waals surface area contributed by atoms with Crippen molar-refractivity contribution in [2.75, 3.05) is 13.1 Å². The second-order valence-corrected chi connectivity index (χ2v) is 5.33. The van der Waals surface area contributed by atoms with Gasteiger partial charge in [0.05, 0.1) is 0 Å². The predicted octanol–water partition coefficient (Wildman–Crippen LogP) is 3.96. The zero-order chi connectivity index (χ0) is 11.8. The smallest absolute Gasteiger partial charge is 0.0127 e. The van der Waals surface area contributed by atoms with Crippen LogP contribution >= 0.6 is 0 Å². The molecule has 0 amide bonds. The lowest BCUT2D eigenvalue weighted by atomic mass is 10.0. The topological polar surface area (TPSA) is 3.24 Å². The van der Waals surface area contributed by atoms with Gasteiger partial charge < -0.3 is 0 Å². The summed E-state index contributed by atoms with van der Waals surface area (Å²) >= 11 is 0. The van der Waals surface area contributed by atoms with Gasteiger partial charge >= 0.3 is 0 Å². The average Bonchev–Trinajstić information content (AvgIpc) is 2.11. The number of hydrogen-bond acceptors (Lipinski definition) is 1. The van der Waals surface area contributed by atoms with E-state index in [1.807, 2.05) is 0 Å². The second-order valence-electron chi connectivity index (χ2n) is 5.33. The van der Waals surface area contributed by atoms with E-state index in [1.54, 1.807) is 0 Å². The summed E-state index contributed by atoms with van der Waals surface area (Å²) in [5, 5.41) is 0. The molecule has 15 heavy (non-hydrogen) atoms. The van der Waals surface area contributed by atoms with Crippen LogP contribution in [-0.2, 0) is 0 Å². The zero-order valence-electron chi connectivity index (χ0n) is 11.3. The molecule has 0 aliphatic carbocycles. The maximum absolute atomic E-state index is 3.86. The monoisotopic (exact) mass is 211 g/mol. The molecule has 0 aromatic rings. The lowest BCUT2D eigenvalue weighted by molar-refractivity contribution is 0.152. The molecule has 0 aliphatic heterocycles. The Labute approximate surface area is 96.6 Å². The van der Waals surface area contributed by atoms with Gasteiger partial charge in [-0.3, -0.25) is 4.90 Å². The minimum Gasteiger partial charge on any atom is -0.300 e. The fraction of sp³-hybridized carbons (Fsp3) is 0.857. The minimum atomic E-state index is 0.687. The molecular weight excluding hydrogens is 182 g/mol. The van der Waals surface area contributed by atoms with E-state index in [0.29, 0.717) is 6.04 Å². The molecule has 0 aromatic carbocycles. The molecule has 0 saturated carbocycles. The van der Waals surface area contributed by atoms with Crippen LogP contribution in [0.4, 0.5) is 0 Å². The first-order valence-electron chi connectivity index (χ1n) is 6.36. The van der Waals surface area contributed by atoms with Crippen LogP contribution in [0.1, 0.15) is 47.5 Å². The fourth-order valence-corrected chi connectivity index (χ4v) is 2.08. The largest absolute Gasteiger partial charge is 0.300 e. The van der Waals surface area contributed by atoms with Crippen LogP contribution in [0.25, 0.3) is 0 Å². The first kappa shape index (κ1) is 14.7. The summed E-state index contributed by atoms with van der Waals surface area (Å²) in [6.07, 6.45) is 4.41. The van der Waals surface area contributed by atoms with Gasteiger partial charge in [0.15, 0.2) is 0 Å². The molecule has 0 unspecified atom stereocenters. The van der Waals surface area contributed by atoms with Crippen LogP contribution in [0.3, 0.4) is 0 Å². The normalized spacial score (nSPS) is 13.9. The quantitative estimate of drug-likeness (QED) is 0.549. The average molecular weight is 211 g/mol. The van der Waals surface area contributed by atoms with Gasteiger partial charge in [0.2, 0.25) is 0 Å². The van der Waals surface area contributed by atoms with E-state index in [9.17, 15) is 0 Å². The molecule has 90 valence electrons. The maximum atomic E-state index is 3.86. The summed E-state index contributed by atoms with van der Waals surface area (Å²) in [5.74, 6) is 1.50. The standard InChI is InChI=1S/C14H29N/c1-7-9-14(8-2)15(10-12(3)4)11-13(5)6/h7,12-14H,1,8-11H2,2-6H3/t14-/m0/s1. The molecule has 0 saturated heterocycles. The highest BCUT2D eigenvalue weighted by atomic mass is 15.2. The van der Waals surface area contributed by atoms with Gasteiger partial charge in [-0.2, -0.15) is 0 Å². The van der Waals surface area contributed by atoms with Crippen molar-refractivity contribution in [3.63, 3.8) is 0 Å². The van der Waals surface area contributed by atoms with Crippen LogP contribution in [-0.4, -0.2) is 24.0 Å². The Balaban J connectivity index is 4.34. The Hall–Kier alpha value is -0.300. The van der Waals surface area contributed by atoms with Gasteiger partial charge in [-0.25, -0.2) is 0 Å². The van der Waals surface area contributed by atoms with Crippen LogP contribution in [0.5, 0.6) is 0 Å². The van der Waals surface area contributed by atoms with Crippen LogP contribution in [0.15, 0.2) is 12.7 Å². The highest BCUT2D eigenvalue weighted by Gasteiger charge is 2.17. The molecule has 0 heterocycles. The molecule has 0 aromatic heterocycles. The second kappa shape index (κ2) is 7.92. The van der Waals surface area contributed by atoms with Crippen molar-refractivity contribution in [1.29, 1.82) is 0 Å². The Kier molecular flexibility index (Phi) is 7.76. The molecule has 0 bridgehead atoms. The van der Waals surface area contributed by atoms with E-state index >= 15 is 0 Å². The highest BCUT2D eigenvalue weighted by molar-refractivity contribution is 4.80. The molecule has 1 nitrogen and oxygen atoms in total. The van der Waals surface area contributed by atoms with Crippen molar-refractivity contribution in [3.8, 4) is 0 Å². The van der Waals surface area contributed by atoms with E-state index in [4.69, 9.17) is 0 Å². The third-order valence-electron chi connectivity index (χ3n) is 2.63. The summed E-state index contributed by atoms with van der Waals surface area (Å²) in [5.41, 5.74) is 0. The van der Waals surface area contributed by atoms with E-state index in [0.717, 1.165) is 18.3 Å². The van der Waals surface area contributed by atoms with Gasteiger partial charge in [0.1, 0.15) is 0 Å². The minimum absolute atomic E-state index is 0.687. The maximum Gasteiger partial charge on any atom is 0.0127 e. The molecule has 1 atom stereocenters. The number of nitrogens with zero attached hydrogens (tertiary/aromatic N) is 1. The Morgan fingerprint density at radius 3 is 1.80 bits per heavy atom. The van der Waals surface area contributed by atoms with Gasteiger partial charge in [-0.05, 0) is 24.7 Å². The lowest BCUT2D eigenvalue weighted by Gasteiger charge is -2.33. The van der Waals surface area contributed by atoms with E-state index < -0.39 is 0 Å². The summed E-state index contributed by atoms with van der Waals surface area (Å²) in [6.45, 7) is 17.8. The Bertz CT molecular complexity index is 151. The third-order valence-corrected chi connectivity index (χ3v) is 2.63. The number of rotatable bonds is 8. The molecular formula is C14H29N. The Morgan fingerprint density at radius 1 is 1.07 bits per heavy atom. The highest BCUT2D eigenvalue weighted by Crippen LogP contribution is 2.14. The first-order chi connectivity index (χ1) is 7.01. The number of hydrogen-bond donors (Lipinski definition) is 0. The van der Waals surface area contributed by atoms with Gasteiger partial charge in [-0.1, -0.05) is 40.7 Å². The van der Waals surface area contributed by atoms with Gasteiger partial charge in [-0.15, -0.1) is 6.58 Å². The molecule has 0 N–H and O–H groups in total. The lowest BCUT2D eigenvalue weighted by Crippen LogP contribution is -2.39. The van der Waals surface area contributed by atoms with E-state index in [1.165, 1.54) is 19.5 Å². The molecule has 0 fully saturated rings. The summed E-state index contributed by atoms with van der Waals surface area (Å²) < 4.78 is 0. The van der Waals surface area contributed by atoms with Crippen LogP contribution < -0.4 is 0 Å². The summed E-state index contributed by atoms with van der Waals surface area (Å²) in [6, 6.07) is 0.687. The van der Waals surface area contributed by atoms with E-state index in [2.05, 4.69) is 52.2 Å². The fourth-order valence-electron chi connectivity index (χ4n) is 2.08. The molecule has 1 heteroatoms. The van der Waals surface area contributed by atoms with Crippen LogP contribution in [0.2, 0.25) is 0 Å². The summed E-state index contributed by atoms with van der Waals surface area (Å²) in [7, 11) is 0. The first-order valence-corrected chi connectivity index (χ1v) is 6.36. The van der Waals surface area contributed by atoms with E-state index in [-0.39, 0.29) is 0 Å². The van der Waals surface area contributed by atoms with Crippen molar-refractivity contribution in [2.45, 2.75) is 53.5 Å². The molecule has 0 spiro atoms. The summed E-state index contributed by atoms with van der Waals surface area (Å²) in [4.78, 5) is 2.64. The van der Waals surface area contributed by atoms with Crippen molar-refractivity contribution in [1.82, 2.24) is 4.90 Å². The SMILES string of the molecule is C=CC[C@H](CC)N(CC(C)C)CC(C)C. The van der Waals surface area contributed by atoms with Crippen molar-refractivity contribution in [3.05, 3.63) is 12.7 Å². The van der Waals surface area contributed by atoms with Crippen LogP contribution in [0, 0.1) is 11.8 Å². The van der Waals surface area contributed by atoms with Crippen molar-refractivity contribution >= 4 is 0 Å². The molecule has 0 radical (unpaired) electrons. The Morgan fingerprint density at radius 2 is 1.53 bits per heavy atom. The predicted molar refractivity (Wildman–Crippen MR) is 70.1 cm³/mol.